The molecule has 31 heavy (non-hydrogen) atoms. The highest BCUT2D eigenvalue weighted by Crippen LogP contribution is 2.25. The summed E-state index contributed by atoms with van der Waals surface area (Å²) in [4.78, 5) is 17.4. The van der Waals surface area contributed by atoms with Crippen LogP contribution in [0.3, 0.4) is 0 Å². The number of ether oxygens (including phenoxy) is 1. The van der Waals surface area contributed by atoms with E-state index >= 15 is 0 Å². The minimum absolute atomic E-state index is 0.00224. The van der Waals surface area contributed by atoms with Crippen LogP contribution < -0.4 is 15.0 Å². The van der Waals surface area contributed by atoms with E-state index in [0.717, 1.165) is 43.3 Å². The second-order valence-electron chi connectivity index (χ2n) is 7.83. The molecule has 3 aromatic rings. The van der Waals surface area contributed by atoms with Gasteiger partial charge in [-0.25, -0.2) is 0 Å². The van der Waals surface area contributed by atoms with Crippen molar-refractivity contribution in [1.29, 1.82) is 0 Å². The highest BCUT2D eigenvalue weighted by atomic mass is 16.5. The average molecular weight is 420 g/mol. The van der Waals surface area contributed by atoms with Gasteiger partial charge in [0, 0.05) is 44.0 Å². The van der Waals surface area contributed by atoms with Gasteiger partial charge in [0.2, 0.25) is 0 Å². The summed E-state index contributed by atoms with van der Waals surface area (Å²) in [5.74, 6) is 1.68. The number of aryl methyl sites for hydroxylation is 1. The number of nitrogens with zero attached hydrogens (tertiary/aromatic N) is 2. The zero-order chi connectivity index (χ0) is 21.6. The molecule has 6 heteroatoms. The maximum Gasteiger partial charge on any atom is 0.251 e. The molecule has 1 fully saturated rings. The van der Waals surface area contributed by atoms with Crippen LogP contribution in [0.15, 0.2) is 71.3 Å². The topological polar surface area (TPSA) is 58.0 Å². The lowest BCUT2D eigenvalue weighted by atomic mass is 10.1. The number of hydrogen-bond acceptors (Lipinski definition) is 5. The number of nitrogens with one attached hydrogen (secondary N) is 1. The number of carbonyl (C=O) groups excluding carboxylic acids is 1. The zero-order valence-electron chi connectivity index (χ0n) is 18.1. The Bertz CT molecular complexity index is 960. The van der Waals surface area contributed by atoms with Crippen LogP contribution in [-0.2, 0) is 0 Å². The number of furan rings is 1. The van der Waals surface area contributed by atoms with Crippen LogP contribution in [-0.4, -0.2) is 50.6 Å². The molecule has 1 saturated heterocycles. The van der Waals surface area contributed by atoms with E-state index in [1.54, 1.807) is 13.4 Å². The predicted octanol–water partition coefficient (Wildman–Crippen LogP) is 3.89. The van der Waals surface area contributed by atoms with Gasteiger partial charge in [0.1, 0.15) is 11.5 Å². The molecule has 162 valence electrons. The third-order valence-corrected chi connectivity index (χ3v) is 5.83. The van der Waals surface area contributed by atoms with E-state index in [2.05, 4.69) is 27.2 Å². The van der Waals surface area contributed by atoms with Gasteiger partial charge in [-0.05, 0) is 55.5 Å². The molecule has 1 aliphatic heterocycles. The van der Waals surface area contributed by atoms with Gasteiger partial charge in [-0.15, -0.1) is 0 Å². The summed E-state index contributed by atoms with van der Waals surface area (Å²) in [5, 5.41) is 3.09. The van der Waals surface area contributed by atoms with Gasteiger partial charge in [0.15, 0.2) is 0 Å². The Morgan fingerprint density at radius 1 is 1.03 bits per heavy atom. The van der Waals surface area contributed by atoms with Gasteiger partial charge in [0.25, 0.3) is 5.91 Å². The molecule has 2 aromatic carbocycles. The third kappa shape index (κ3) is 5.09. The normalized spacial score (nSPS) is 15.5. The van der Waals surface area contributed by atoms with Crippen molar-refractivity contribution in [2.24, 2.45) is 0 Å². The number of hydrogen-bond donors (Lipinski definition) is 1. The van der Waals surface area contributed by atoms with E-state index in [1.165, 1.54) is 5.69 Å². The zero-order valence-corrected chi connectivity index (χ0v) is 18.1. The molecular formula is C25H29N3O3. The van der Waals surface area contributed by atoms with Crippen molar-refractivity contribution in [1.82, 2.24) is 10.2 Å². The van der Waals surface area contributed by atoms with Gasteiger partial charge in [-0.3, -0.25) is 9.69 Å². The second kappa shape index (κ2) is 9.71. The highest BCUT2D eigenvalue weighted by Gasteiger charge is 2.27. The van der Waals surface area contributed by atoms with Gasteiger partial charge in [-0.2, -0.15) is 0 Å². The summed E-state index contributed by atoms with van der Waals surface area (Å²) < 4.78 is 11.0. The number of methoxy groups -OCH3 is 1. The lowest BCUT2D eigenvalue weighted by Crippen LogP contribution is -2.49. The fourth-order valence-corrected chi connectivity index (χ4v) is 3.97. The first-order chi connectivity index (χ1) is 15.1. The van der Waals surface area contributed by atoms with Crippen molar-refractivity contribution in [3.8, 4) is 5.75 Å². The van der Waals surface area contributed by atoms with Crippen LogP contribution in [0.25, 0.3) is 0 Å². The minimum atomic E-state index is -0.0616. The molecule has 0 aliphatic carbocycles. The second-order valence-corrected chi connectivity index (χ2v) is 7.83. The van der Waals surface area contributed by atoms with Gasteiger partial charge < -0.3 is 19.4 Å². The van der Waals surface area contributed by atoms with E-state index in [9.17, 15) is 4.79 Å². The molecule has 0 radical (unpaired) electrons. The van der Waals surface area contributed by atoms with Crippen LogP contribution in [0.5, 0.6) is 5.75 Å². The van der Waals surface area contributed by atoms with Crippen molar-refractivity contribution < 1.29 is 13.9 Å². The van der Waals surface area contributed by atoms with Crippen molar-refractivity contribution in [3.63, 3.8) is 0 Å². The predicted molar refractivity (Wildman–Crippen MR) is 122 cm³/mol. The molecule has 1 aliphatic rings. The molecule has 1 aromatic heterocycles. The van der Waals surface area contributed by atoms with E-state index in [-0.39, 0.29) is 11.9 Å². The first-order valence-corrected chi connectivity index (χ1v) is 10.7. The lowest BCUT2D eigenvalue weighted by Gasteiger charge is -2.39. The van der Waals surface area contributed by atoms with Crippen LogP contribution >= 0.6 is 0 Å². The number of piperazine rings is 1. The monoisotopic (exact) mass is 419 g/mol. The standard InChI is InChI=1S/C25H29N3O3/c1-19-5-7-20(8-6-19)25(29)26-18-23(24-4-3-17-31-24)28-15-13-27(14-16-28)21-9-11-22(30-2)12-10-21/h3-12,17,23H,13-16,18H2,1-2H3,(H,26,29)/t23-/m1/s1. The molecule has 0 unspecified atom stereocenters. The Morgan fingerprint density at radius 3 is 2.35 bits per heavy atom. The molecule has 1 atom stereocenters. The van der Waals surface area contributed by atoms with Gasteiger partial charge in [-0.1, -0.05) is 17.7 Å². The molecule has 1 amide bonds. The summed E-state index contributed by atoms with van der Waals surface area (Å²) in [6.07, 6.45) is 1.69. The van der Waals surface area contributed by atoms with Gasteiger partial charge >= 0.3 is 0 Å². The number of anilines is 1. The SMILES string of the molecule is COc1ccc(N2CCN([C@H](CNC(=O)c3ccc(C)cc3)c3ccco3)CC2)cc1. The number of rotatable bonds is 7. The molecular weight excluding hydrogens is 390 g/mol. The minimum Gasteiger partial charge on any atom is -0.497 e. The quantitative estimate of drug-likeness (QED) is 0.630. The summed E-state index contributed by atoms with van der Waals surface area (Å²) in [5.41, 5.74) is 3.01. The number of benzene rings is 2. The molecule has 2 heterocycles. The lowest BCUT2D eigenvalue weighted by molar-refractivity contribution is 0.0923. The largest absolute Gasteiger partial charge is 0.497 e. The molecule has 4 rings (SSSR count). The van der Waals surface area contributed by atoms with Crippen molar-refractivity contribution >= 4 is 11.6 Å². The first kappa shape index (κ1) is 21.0. The molecule has 1 N–H and O–H groups in total. The third-order valence-electron chi connectivity index (χ3n) is 5.83. The van der Waals surface area contributed by atoms with Crippen LogP contribution in [0.2, 0.25) is 0 Å². The van der Waals surface area contributed by atoms with E-state index in [1.807, 2.05) is 55.5 Å². The number of carbonyl (C=O) groups is 1. The van der Waals surface area contributed by atoms with Crippen LogP contribution in [0.1, 0.15) is 27.7 Å². The molecule has 0 bridgehead atoms. The van der Waals surface area contributed by atoms with E-state index < -0.39 is 0 Å². The maximum atomic E-state index is 12.6. The highest BCUT2D eigenvalue weighted by molar-refractivity contribution is 5.94. The van der Waals surface area contributed by atoms with Crippen LogP contribution in [0, 0.1) is 6.92 Å². The molecule has 0 spiro atoms. The summed E-state index contributed by atoms with van der Waals surface area (Å²) in [7, 11) is 1.68. The van der Waals surface area contributed by atoms with Gasteiger partial charge in [0.05, 0.1) is 19.4 Å². The summed E-state index contributed by atoms with van der Waals surface area (Å²) in [6.45, 7) is 6.11. The maximum absolute atomic E-state index is 12.6. The van der Waals surface area contributed by atoms with Crippen molar-refractivity contribution in [2.75, 3.05) is 44.7 Å². The van der Waals surface area contributed by atoms with E-state index in [0.29, 0.717) is 12.1 Å². The van der Waals surface area contributed by atoms with E-state index in [4.69, 9.17) is 9.15 Å². The number of amides is 1. The van der Waals surface area contributed by atoms with Crippen LogP contribution in [0.4, 0.5) is 5.69 Å². The Balaban J connectivity index is 1.39. The Morgan fingerprint density at radius 2 is 1.74 bits per heavy atom. The Kier molecular flexibility index (Phi) is 6.57. The average Bonchev–Trinajstić information content (AvgIpc) is 3.35. The van der Waals surface area contributed by atoms with Crippen molar-refractivity contribution in [2.45, 2.75) is 13.0 Å². The fraction of sp³-hybridized carbons (Fsp3) is 0.320. The summed E-state index contributed by atoms with van der Waals surface area (Å²) >= 11 is 0. The summed E-state index contributed by atoms with van der Waals surface area (Å²) in [6, 6.07) is 19.7. The Labute approximate surface area is 183 Å². The molecule has 0 saturated carbocycles. The smallest absolute Gasteiger partial charge is 0.251 e. The van der Waals surface area contributed by atoms with Crippen molar-refractivity contribution in [3.05, 3.63) is 83.8 Å². The first-order valence-electron chi connectivity index (χ1n) is 10.7. The Hall–Kier alpha value is -3.25. The molecule has 6 nitrogen and oxygen atoms in total. The fourth-order valence-electron chi connectivity index (χ4n) is 3.97.